The number of thiocarbonyl (C=S) groups is 1. The van der Waals surface area contributed by atoms with Gasteiger partial charge in [0.15, 0.2) is 5.11 Å². The average molecular weight is 364 g/mol. The Hall–Kier alpha value is -2.75. The van der Waals surface area contributed by atoms with Crippen LogP contribution in [0.25, 0.3) is 0 Å². The SMILES string of the molecule is CCCCn1nnc(NC(=S)NC(=O)c2ccc(OC)cc2OC)n1. The molecule has 0 atom stereocenters. The van der Waals surface area contributed by atoms with Crippen LogP contribution in [0, 0.1) is 0 Å². The van der Waals surface area contributed by atoms with Crippen LogP contribution in [-0.4, -0.2) is 45.4 Å². The van der Waals surface area contributed by atoms with Crippen LogP contribution in [0.5, 0.6) is 11.5 Å². The van der Waals surface area contributed by atoms with E-state index in [0.717, 1.165) is 12.8 Å². The second-order valence-corrected chi connectivity index (χ2v) is 5.45. The second kappa shape index (κ2) is 8.92. The molecule has 25 heavy (non-hydrogen) atoms. The van der Waals surface area contributed by atoms with Crippen LogP contribution >= 0.6 is 12.2 Å². The van der Waals surface area contributed by atoms with Crippen molar-refractivity contribution < 1.29 is 14.3 Å². The van der Waals surface area contributed by atoms with Gasteiger partial charge in [0.1, 0.15) is 11.5 Å². The normalized spacial score (nSPS) is 10.2. The molecule has 2 N–H and O–H groups in total. The van der Waals surface area contributed by atoms with Gasteiger partial charge >= 0.3 is 0 Å². The summed E-state index contributed by atoms with van der Waals surface area (Å²) in [6, 6.07) is 4.87. The van der Waals surface area contributed by atoms with E-state index in [1.807, 2.05) is 0 Å². The largest absolute Gasteiger partial charge is 0.497 e. The summed E-state index contributed by atoms with van der Waals surface area (Å²) in [5.41, 5.74) is 0.326. The highest BCUT2D eigenvalue weighted by atomic mass is 32.1. The number of amides is 1. The number of hydrogen-bond donors (Lipinski definition) is 2. The summed E-state index contributed by atoms with van der Waals surface area (Å²) in [6.45, 7) is 2.75. The van der Waals surface area contributed by atoms with Crippen LogP contribution < -0.4 is 20.1 Å². The summed E-state index contributed by atoms with van der Waals surface area (Å²) in [7, 11) is 3.01. The lowest BCUT2D eigenvalue weighted by molar-refractivity contribution is 0.0974. The number of carbonyl (C=O) groups is 1. The zero-order chi connectivity index (χ0) is 18.2. The summed E-state index contributed by atoms with van der Waals surface area (Å²) in [5, 5.41) is 17.2. The Morgan fingerprint density at radius 1 is 1.32 bits per heavy atom. The molecule has 1 aromatic carbocycles. The van der Waals surface area contributed by atoms with E-state index in [1.165, 1.54) is 19.0 Å². The first-order valence-corrected chi connectivity index (χ1v) is 8.10. The van der Waals surface area contributed by atoms with Crippen molar-refractivity contribution in [2.45, 2.75) is 26.3 Å². The minimum Gasteiger partial charge on any atom is -0.497 e. The molecular formula is C15H20N6O3S. The number of nitrogens with zero attached hydrogens (tertiary/aromatic N) is 4. The van der Waals surface area contributed by atoms with Gasteiger partial charge in [-0.25, -0.2) is 0 Å². The maximum absolute atomic E-state index is 12.4. The highest BCUT2D eigenvalue weighted by molar-refractivity contribution is 7.80. The molecule has 0 unspecified atom stereocenters. The van der Waals surface area contributed by atoms with E-state index in [9.17, 15) is 4.79 Å². The van der Waals surface area contributed by atoms with Crippen molar-refractivity contribution in [1.29, 1.82) is 0 Å². The highest BCUT2D eigenvalue weighted by Gasteiger charge is 2.15. The molecule has 0 saturated heterocycles. The molecule has 0 saturated carbocycles. The number of hydrogen-bond acceptors (Lipinski definition) is 7. The molecule has 2 aromatic rings. The topological polar surface area (TPSA) is 103 Å². The molecule has 1 amide bonds. The molecule has 0 spiro atoms. The van der Waals surface area contributed by atoms with Gasteiger partial charge in [0.25, 0.3) is 11.9 Å². The van der Waals surface area contributed by atoms with Crippen molar-refractivity contribution in [2.75, 3.05) is 19.5 Å². The van der Waals surface area contributed by atoms with Crippen LogP contribution in [0.2, 0.25) is 0 Å². The first-order valence-electron chi connectivity index (χ1n) is 7.69. The van der Waals surface area contributed by atoms with Crippen molar-refractivity contribution in [3.05, 3.63) is 23.8 Å². The third-order valence-corrected chi connectivity index (χ3v) is 3.47. The molecule has 2 rings (SSSR count). The molecule has 134 valence electrons. The number of carbonyl (C=O) groups excluding carboxylic acids is 1. The summed E-state index contributed by atoms with van der Waals surface area (Å²) < 4.78 is 10.3. The maximum atomic E-state index is 12.4. The molecule has 0 aliphatic rings. The molecular weight excluding hydrogens is 344 g/mol. The molecule has 0 fully saturated rings. The fourth-order valence-corrected chi connectivity index (χ4v) is 2.16. The predicted molar refractivity (Wildman–Crippen MR) is 96.0 cm³/mol. The Kier molecular flexibility index (Phi) is 6.63. The number of aryl methyl sites for hydroxylation is 1. The zero-order valence-corrected chi connectivity index (χ0v) is 15.1. The highest BCUT2D eigenvalue weighted by Crippen LogP contribution is 2.24. The number of benzene rings is 1. The van der Waals surface area contributed by atoms with Crippen molar-refractivity contribution >= 4 is 29.2 Å². The Balaban J connectivity index is 1.98. The second-order valence-electron chi connectivity index (χ2n) is 5.04. The van der Waals surface area contributed by atoms with E-state index < -0.39 is 5.91 Å². The quantitative estimate of drug-likeness (QED) is 0.715. The van der Waals surface area contributed by atoms with Crippen LogP contribution in [0.3, 0.4) is 0 Å². The molecule has 0 bridgehead atoms. The number of methoxy groups -OCH3 is 2. The van der Waals surface area contributed by atoms with E-state index in [-0.39, 0.29) is 11.1 Å². The third-order valence-electron chi connectivity index (χ3n) is 3.27. The van der Waals surface area contributed by atoms with Crippen molar-refractivity contribution in [1.82, 2.24) is 25.5 Å². The summed E-state index contributed by atoms with van der Waals surface area (Å²) >= 11 is 5.11. The monoisotopic (exact) mass is 364 g/mol. The van der Waals surface area contributed by atoms with Gasteiger partial charge in [0, 0.05) is 6.07 Å². The van der Waals surface area contributed by atoms with Crippen molar-refractivity contribution in [2.24, 2.45) is 0 Å². The summed E-state index contributed by atoms with van der Waals surface area (Å²) in [4.78, 5) is 13.8. The van der Waals surface area contributed by atoms with Gasteiger partial charge in [0.2, 0.25) is 0 Å². The Morgan fingerprint density at radius 2 is 2.12 bits per heavy atom. The molecule has 0 aliphatic heterocycles. The van der Waals surface area contributed by atoms with Crippen LogP contribution in [-0.2, 0) is 6.54 Å². The Bertz CT molecular complexity index is 749. The van der Waals surface area contributed by atoms with Gasteiger partial charge in [-0.05, 0) is 36.0 Å². The van der Waals surface area contributed by atoms with Crippen molar-refractivity contribution in [3.63, 3.8) is 0 Å². The minimum atomic E-state index is -0.421. The lowest BCUT2D eigenvalue weighted by atomic mass is 10.2. The van der Waals surface area contributed by atoms with Crippen molar-refractivity contribution in [3.8, 4) is 11.5 Å². The average Bonchev–Trinajstić information content (AvgIpc) is 3.06. The van der Waals surface area contributed by atoms with Gasteiger partial charge in [-0.3, -0.25) is 15.4 Å². The summed E-state index contributed by atoms with van der Waals surface area (Å²) in [5.74, 6) is 0.767. The van der Waals surface area contributed by atoms with Crippen LogP contribution in [0.1, 0.15) is 30.1 Å². The van der Waals surface area contributed by atoms with E-state index in [4.69, 9.17) is 21.7 Å². The molecule has 9 nitrogen and oxygen atoms in total. The van der Waals surface area contributed by atoms with E-state index >= 15 is 0 Å². The fraction of sp³-hybridized carbons (Fsp3) is 0.400. The molecule has 0 aliphatic carbocycles. The standard InChI is InChI=1S/C15H20N6O3S/c1-4-5-8-21-19-14(18-20-21)17-15(25)16-13(22)11-7-6-10(23-2)9-12(11)24-3/h6-7,9H,4-5,8H2,1-3H3,(H2,16,17,19,22,25). The number of unbranched alkanes of at least 4 members (excludes halogenated alkanes) is 1. The van der Waals surface area contributed by atoms with Crippen LogP contribution in [0.15, 0.2) is 18.2 Å². The van der Waals surface area contributed by atoms with Gasteiger partial charge in [-0.15, -0.1) is 5.10 Å². The Morgan fingerprint density at radius 3 is 2.80 bits per heavy atom. The molecule has 1 heterocycles. The number of rotatable bonds is 7. The first-order chi connectivity index (χ1) is 12.1. The molecule has 1 aromatic heterocycles. The third kappa shape index (κ3) is 5.11. The smallest absolute Gasteiger partial charge is 0.269 e. The number of anilines is 1. The predicted octanol–water partition coefficient (Wildman–Crippen LogP) is 1.62. The number of ether oxygens (including phenoxy) is 2. The van der Waals surface area contributed by atoms with E-state index in [1.54, 1.807) is 18.2 Å². The fourth-order valence-electron chi connectivity index (χ4n) is 1.98. The molecule has 10 heteroatoms. The maximum Gasteiger partial charge on any atom is 0.269 e. The number of tetrazole rings is 1. The number of aromatic nitrogens is 4. The van der Waals surface area contributed by atoms with E-state index in [0.29, 0.717) is 23.6 Å². The zero-order valence-electron chi connectivity index (χ0n) is 14.3. The summed E-state index contributed by atoms with van der Waals surface area (Å²) in [6.07, 6.45) is 1.98. The van der Waals surface area contributed by atoms with Gasteiger partial charge in [-0.2, -0.15) is 4.80 Å². The lowest BCUT2D eigenvalue weighted by Gasteiger charge is -2.11. The van der Waals surface area contributed by atoms with E-state index in [2.05, 4.69) is 33.0 Å². The lowest BCUT2D eigenvalue weighted by Crippen LogP contribution is -2.34. The first kappa shape index (κ1) is 18.6. The van der Waals surface area contributed by atoms with Gasteiger partial charge in [0.05, 0.1) is 26.3 Å². The van der Waals surface area contributed by atoms with Gasteiger partial charge < -0.3 is 9.47 Å². The number of nitrogens with one attached hydrogen (secondary N) is 2. The van der Waals surface area contributed by atoms with Crippen LogP contribution in [0.4, 0.5) is 5.95 Å². The Labute approximate surface area is 150 Å². The van der Waals surface area contributed by atoms with Gasteiger partial charge in [-0.1, -0.05) is 18.4 Å². The molecule has 0 radical (unpaired) electrons. The minimum absolute atomic E-state index is 0.0675.